The van der Waals surface area contributed by atoms with Crippen molar-refractivity contribution in [1.82, 2.24) is 5.32 Å². The Morgan fingerprint density at radius 1 is 1.18 bits per heavy atom. The highest BCUT2D eigenvalue weighted by Gasteiger charge is 2.46. The predicted octanol–water partition coefficient (Wildman–Crippen LogP) is 1.66. The van der Waals surface area contributed by atoms with Crippen LogP contribution >= 0.6 is 0 Å². The second kappa shape index (κ2) is 9.11. The van der Waals surface area contributed by atoms with E-state index < -0.39 is 31.0 Å². The van der Waals surface area contributed by atoms with Gasteiger partial charge in [0.15, 0.2) is 19.7 Å². The highest BCUT2D eigenvalue weighted by molar-refractivity contribution is 7.96. The summed E-state index contributed by atoms with van der Waals surface area (Å²) in [6.07, 6.45) is 0.797. The standard InChI is InChI=1S/C19H31NO6S2/c1-13(2)26-8-6-7-20-16-11-27(21,22)12-19(16)28(23,24)18-10-15(4)14(3)9-17(18)25-5/h9-10,13,16,19-20H,6-8,11-12H2,1-5H3/t16-,19-/m0/s1. The summed E-state index contributed by atoms with van der Waals surface area (Å²) in [6, 6.07) is 2.60. The van der Waals surface area contributed by atoms with Crippen LogP contribution in [0.4, 0.5) is 0 Å². The minimum Gasteiger partial charge on any atom is -0.495 e. The molecular weight excluding hydrogens is 402 g/mol. The molecule has 1 aromatic carbocycles. The van der Waals surface area contributed by atoms with E-state index in [9.17, 15) is 16.8 Å². The second-order valence-electron chi connectivity index (χ2n) is 7.58. The first-order valence-corrected chi connectivity index (χ1v) is 12.8. The van der Waals surface area contributed by atoms with Crippen LogP contribution in [0.3, 0.4) is 0 Å². The molecule has 0 aliphatic carbocycles. The molecule has 1 aliphatic rings. The molecule has 0 saturated carbocycles. The van der Waals surface area contributed by atoms with Gasteiger partial charge in [0.2, 0.25) is 0 Å². The smallest absolute Gasteiger partial charge is 0.187 e. The van der Waals surface area contributed by atoms with E-state index in [1.54, 1.807) is 12.1 Å². The first-order valence-electron chi connectivity index (χ1n) is 9.42. The molecule has 0 unspecified atom stereocenters. The van der Waals surface area contributed by atoms with Gasteiger partial charge in [-0.05, 0) is 63.9 Å². The van der Waals surface area contributed by atoms with E-state index in [2.05, 4.69) is 5.32 Å². The Labute approximate surface area is 168 Å². The maximum Gasteiger partial charge on any atom is 0.187 e. The molecular formula is C19H31NO6S2. The van der Waals surface area contributed by atoms with Gasteiger partial charge in [0, 0.05) is 12.6 Å². The zero-order chi connectivity index (χ0) is 21.1. The predicted molar refractivity (Wildman–Crippen MR) is 110 cm³/mol. The van der Waals surface area contributed by atoms with Crippen molar-refractivity contribution in [3.63, 3.8) is 0 Å². The average Bonchev–Trinajstić information content (AvgIpc) is 2.91. The molecule has 0 bridgehead atoms. The van der Waals surface area contributed by atoms with Crippen LogP contribution in [0.1, 0.15) is 31.4 Å². The highest BCUT2D eigenvalue weighted by Crippen LogP contribution is 2.33. The second-order valence-corrected chi connectivity index (χ2v) is 11.9. The van der Waals surface area contributed by atoms with Crippen molar-refractivity contribution in [3.8, 4) is 5.75 Å². The average molecular weight is 434 g/mol. The largest absolute Gasteiger partial charge is 0.495 e. The Balaban J connectivity index is 2.25. The van der Waals surface area contributed by atoms with Crippen molar-refractivity contribution in [2.75, 3.05) is 31.8 Å². The molecule has 7 nitrogen and oxygen atoms in total. The summed E-state index contributed by atoms with van der Waals surface area (Å²) >= 11 is 0. The molecule has 0 radical (unpaired) electrons. The molecule has 1 fully saturated rings. The summed E-state index contributed by atoms with van der Waals surface area (Å²) in [4.78, 5) is 0.0511. The minimum absolute atomic E-state index is 0.0511. The van der Waals surface area contributed by atoms with Gasteiger partial charge in [-0.3, -0.25) is 0 Å². The van der Waals surface area contributed by atoms with Gasteiger partial charge in [-0.25, -0.2) is 16.8 Å². The van der Waals surface area contributed by atoms with Crippen LogP contribution in [0.2, 0.25) is 0 Å². The maximum absolute atomic E-state index is 13.3. The highest BCUT2D eigenvalue weighted by atomic mass is 32.2. The van der Waals surface area contributed by atoms with Gasteiger partial charge >= 0.3 is 0 Å². The number of aryl methyl sites for hydroxylation is 2. The van der Waals surface area contributed by atoms with E-state index in [4.69, 9.17) is 9.47 Å². The Hall–Kier alpha value is -1.16. The minimum atomic E-state index is -3.89. The van der Waals surface area contributed by atoms with Crippen LogP contribution in [-0.2, 0) is 24.4 Å². The molecule has 0 spiro atoms. The van der Waals surface area contributed by atoms with Crippen LogP contribution in [0.15, 0.2) is 17.0 Å². The fourth-order valence-electron chi connectivity index (χ4n) is 3.30. The van der Waals surface area contributed by atoms with E-state index in [0.717, 1.165) is 11.1 Å². The molecule has 1 heterocycles. The number of hydrogen-bond donors (Lipinski definition) is 1. The molecule has 160 valence electrons. The molecule has 9 heteroatoms. The van der Waals surface area contributed by atoms with Gasteiger partial charge in [-0.15, -0.1) is 0 Å². The quantitative estimate of drug-likeness (QED) is 0.591. The van der Waals surface area contributed by atoms with Gasteiger partial charge in [0.25, 0.3) is 0 Å². The van der Waals surface area contributed by atoms with Crippen LogP contribution in [-0.4, -0.2) is 66.0 Å². The van der Waals surface area contributed by atoms with Crippen molar-refractivity contribution in [2.45, 2.75) is 56.4 Å². The fourth-order valence-corrected chi connectivity index (χ4v) is 8.24. The Kier molecular flexibility index (Phi) is 7.52. The van der Waals surface area contributed by atoms with E-state index >= 15 is 0 Å². The van der Waals surface area contributed by atoms with Crippen molar-refractivity contribution in [2.24, 2.45) is 0 Å². The Bertz CT molecular complexity index is 893. The molecule has 0 amide bonds. The van der Waals surface area contributed by atoms with Crippen LogP contribution in [0.25, 0.3) is 0 Å². The summed E-state index contributed by atoms with van der Waals surface area (Å²) < 4.78 is 61.9. The summed E-state index contributed by atoms with van der Waals surface area (Å²) in [5, 5.41) is 2.08. The molecule has 0 aromatic heterocycles. The number of hydrogen-bond acceptors (Lipinski definition) is 7. The SMILES string of the molecule is COc1cc(C)c(C)cc1S(=O)(=O)[C@H]1CS(=O)(=O)C[C@@H]1NCCCOC(C)C. The molecule has 2 rings (SSSR count). The van der Waals surface area contributed by atoms with Crippen molar-refractivity contribution < 1.29 is 26.3 Å². The zero-order valence-electron chi connectivity index (χ0n) is 17.2. The normalized spacial score (nSPS) is 21.9. The van der Waals surface area contributed by atoms with Gasteiger partial charge in [0.1, 0.15) is 10.6 Å². The number of nitrogens with one attached hydrogen (secondary N) is 1. The van der Waals surface area contributed by atoms with Gasteiger partial charge < -0.3 is 14.8 Å². The first-order chi connectivity index (χ1) is 13.0. The van der Waals surface area contributed by atoms with Gasteiger partial charge in [0.05, 0.1) is 30.0 Å². The third-order valence-electron chi connectivity index (χ3n) is 4.96. The molecule has 2 atom stereocenters. The number of benzene rings is 1. The monoisotopic (exact) mass is 433 g/mol. The fraction of sp³-hybridized carbons (Fsp3) is 0.684. The van der Waals surface area contributed by atoms with E-state index in [0.29, 0.717) is 19.6 Å². The first kappa shape index (κ1) is 23.1. The molecule has 1 saturated heterocycles. The van der Waals surface area contributed by atoms with E-state index in [1.807, 2.05) is 27.7 Å². The summed E-state index contributed by atoms with van der Waals surface area (Å²) in [5.41, 5.74) is 1.73. The lowest BCUT2D eigenvalue weighted by atomic mass is 10.1. The third-order valence-corrected chi connectivity index (χ3v) is 9.13. The lowest BCUT2D eigenvalue weighted by molar-refractivity contribution is 0.0768. The topological polar surface area (TPSA) is 98.8 Å². The Morgan fingerprint density at radius 3 is 2.43 bits per heavy atom. The summed E-state index contributed by atoms with van der Waals surface area (Å²) in [7, 11) is -5.92. The maximum atomic E-state index is 13.3. The number of rotatable bonds is 9. The number of sulfone groups is 2. The van der Waals surface area contributed by atoms with Crippen molar-refractivity contribution in [1.29, 1.82) is 0 Å². The Morgan fingerprint density at radius 2 is 1.82 bits per heavy atom. The van der Waals surface area contributed by atoms with Crippen LogP contribution < -0.4 is 10.1 Å². The van der Waals surface area contributed by atoms with Gasteiger partial charge in [-0.2, -0.15) is 0 Å². The number of methoxy groups -OCH3 is 1. The van der Waals surface area contributed by atoms with Crippen molar-refractivity contribution >= 4 is 19.7 Å². The molecule has 1 aromatic rings. The van der Waals surface area contributed by atoms with Crippen molar-refractivity contribution in [3.05, 3.63) is 23.3 Å². The van der Waals surface area contributed by atoms with Gasteiger partial charge in [-0.1, -0.05) is 0 Å². The van der Waals surface area contributed by atoms with E-state index in [-0.39, 0.29) is 28.3 Å². The summed E-state index contributed by atoms with van der Waals surface area (Å²) in [6.45, 7) is 8.60. The number of ether oxygens (including phenoxy) is 2. The van der Waals surface area contributed by atoms with Crippen LogP contribution in [0, 0.1) is 13.8 Å². The lowest BCUT2D eigenvalue weighted by Gasteiger charge is -2.22. The summed E-state index contributed by atoms with van der Waals surface area (Å²) in [5.74, 6) is -0.322. The lowest BCUT2D eigenvalue weighted by Crippen LogP contribution is -2.44. The molecule has 1 N–H and O–H groups in total. The third kappa shape index (κ3) is 5.46. The van der Waals surface area contributed by atoms with Crippen LogP contribution in [0.5, 0.6) is 5.75 Å². The zero-order valence-corrected chi connectivity index (χ0v) is 18.8. The molecule has 28 heavy (non-hydrogen) atoms. The molecule has 1 aliphatic heterocycles. The van der Waals surface area contributed by atoms with E-state index in [1.165, 1.54) is 7.11 Å².